The summed E-state index contributed by atoms with van der Waals surface area (Å²) < 4.78 is 15.3. The van der Waals surface area contributed by atoms with Crippen LogP contribution in [0.15, 0.2) is 73.0 Å². The molecule has 3 aliphatic rings. The van der Waals surface area contributed by atoms with Gasteiger partial charge in [0.05, 0.1) is 23.7 Å². The number of rotatable bonds is 6. The van der Waals surface area contributed by atoms with Crippen LogP contribution in [0.1, 0.15) is 50.3 Å². The molecule has 3 unspecified atom stereocenters. The van der Waals surface area contributed by atoms with Crippen molar-refractivity contribution >= 4 is 6.08 Å². The molecular formula is C28H31FN2O. The van der Waals surface area contributed by atoms with Crippen LogP contribution in [0.25, 0.3) is 11.8 Å². The van der Waals surface area contributed by atoms with E-state index in [9.17, 15) is 9.50 Å². The van der Waals surface area contributed by atoms with Crippen LogP contribution in [0, 0.1) is 22.6 Å². The van der Waals surface area contributed by atoms with Gasteiger partial charge in [0.15, 0.2) is 0 Å². The van der Waals surface area contributed by atoms with Gasteiger partial charge >= 0.3 is 0 Å². The molecule has 4 heteroatoms. The Kier molecular flexibility index (Phi) is 5.09. The molecule has 166 valence electrons. The van der Waals surface area contributed by atoms with Gasteiger partial charge in [-0.1, -0.05) is 43.9 Å². The molecule has 3 atom stereocenters. The Hall–Kier alpha value is -2.72. The summed E-state index contributed by atoms with van der Waals surface area (Å²) in [6, 6.07) is 6.48. The van der Waals surface area contributed by atoms with E-state index >= 15 is 0 Å². The Morgan fingerprint density at radius 2 is 2.03 bits per heavy atom. The number of nitrogens with zero attached hydrogens (tertiary/aromatic N) is 2. The predicted molar refractivity (Wildman–Crippen MR) is 127 cm³/mol. The highest BCUT2D eigenvalue weighted by Crippen LogP contribution is 2.62. The average molecular weight is 431 g/mol. The lowest BCUT2D eigenvalue weighted by Crippen LogP contribution is -2.46. The van der Waals surface area contributed by atoms with Gasteiger partial charge in [-0.2, -0.15) is 5.10 Å². The highest BCUT2D eigenvalue weighted by atomic mass is 19.1. The first kappa shape index (κ1) is 21.1. The largest absolute Gasteiger partial charge is 0.392 e. The fourth-order valence-corrected chi connectivity index (χ4v) is 6.21. The summed E-state index contributed by atoms with van der Waals surface area (Å²) in [5.74, 6) is -0.0660. The normalized spacial score (nSPS) is 27.0. The minimum Gasteiger partial charge on any atom is -0.392 e. The van der Waals surface area contributed by atoms with Gasteiger partial charge in [0, 0.05) is 5.41 Å². The lowest BCUT2D eigenvalue weighted by Gasteiger charge is -2.49. The van der Waals surface area contributed by atoms with Gasteiger partial charge in [0.1, 0.15) is 5.82 Å². The number of benzene rings is 1. The van der Waals surface area contributed by atoms with Crippen molar-refractivity contribution < 1.29 is 9.50 Å². The van der Waals surface area contributed by atoms with E-state index in [1.165, 1.54) is 23.3 Å². The average Bonchev–Trinajstić information content (AvgIpc) is 3.50. The Balaban J connectivity index is 1.51. The Morgan fingerprint density at radius 3 is 2.69 bits per heavy atom. The fourth-order valence-electron chi connectivity index (χ4n) is 6.21. The summed E-state index contributed by atoms with van der Waals surface area (Å²) in [6.07, 6.45) is 15.5. The number of hydrogen-bond donors (Lipinski definition) is 1. The standard InChI is InChI=1S/C28H31FN2O/c1-4-7-20(5-2)28(14-15-28)26(32)24-9-6-8-21-16-25-19(17-27(21,24)3)18-30-31(25)23-12-10-22(29)11-13-23/h4-5,7,10-13,16,18,24,26,32H,1-2,6,8-9,14-15,17H2,3H3/b20-7+. The molecule has 0 radical (unpaired) electrons. The van der Waals surface area contributed by atoms with Crippen LogP contribution in [0.2, 0.25) is 0 Å². The summed E-state index contributed by atoms with van der Waals surface area (Å²) in [5.41, 5.74) is 5.35. The van der Waals surface area contributed by atoms with Crippen LogP contribution in [0.3, 0.4) is 0 Å². The first-order valence-electron chi connectivity index (χ1n) is 11.6. The molecule has 1 N–H and O–H groups in total. The molecule has 2 aromatic rings. The number of hydrogen-bond acceptors (Lipinski definition) is 2. The van der Waals surface area contributed by atoms with Crippen molar-refractivity contribution in [2.45, 2.75) is 51.6 Å². The monoisotopic (exact) mass is 430 g/mol. The fraction of sp³-hybridized carbons (Fsp3) is 0.393. The third-order valence-electron chi connectivity index (χ3n) is 8.17. The summed E-state index contributed by atoms with van der Waals surface area (Å²) in [7, 11) is 0. The van der Waals surface area contributed by atoms with E-state index in [0.29, 0.717) is 0 Å². The number of allylic oxidation sites excluding steroid dienone is 4. The maximum Gasteiger partial charge on any atom is 0.123 e. The quantitative estimate of drug-likeness (QED) is 0.554. The first-order chi connectivity index (χ1) is 15.4. The molecule has 1 aromatic carbocycles. The molecule has 1 aromatic heterocycles. The van der Waals surface area contributed by atoms with E-state index < -0.39 is 6.10 Å². The van der Waals surface area contributed by atoms with Crippen LogP contribution in [-0.2, 0) is 6.42 Å². The Labute approximate surface area is 189 Å². The Bertz CT molecular complexity index is 1120. The second-order valence-corrected chi connectivity index (χ2v) is 9.87. The van der Waals surface area contributed by atoms with Gasteiger partial charge in [-0.3, -0.25) is 0 Å². The molecule has 0 bridgehead atoms. The SMILES string of the molecule is C=C/C=C(\C=C)C1(C(O)C2CCCC3=Cc4c(cnn4-c4ccc(F)cc4)CC32C)CC1. The number of aromatic nitrogens is 2. The molecule has 0 amide bonds. The van der Waals surface area contributed by atoms with Crippen molar-refractivity contribution in [2.24, 2.45) is 16.7 Å². The van der Waals surface area contributed by atoms with Gasteiger partial charge in [-0.05, 0) is 91.3 Å². The lowest BCUT2D eigenvalue weighted by atomic mass is 9.56. The maximum absolute atomic E-state index is 13.4. The van der Waals surface area contributed by atoms with Crippen LogP contribution in [0.5, 0.6) is 0 Å². The molecule has 0 spiro atoms. The van der Waals surface area contributed by atoms with Crippen molar-refractivity contribution in [2.75, 3.05) is 0 Å². The summed E-state index contributed by atoms with van der Waals surface area (Å²) >= 11 is 0. The molecule has 3 aliphatic carbocycles. The second-order valence-electron chi connectivity index (χ2n) is 9.87. The zero-order valence-electron chi connectivity index (χ0n) is 18.7. The zero-order valence-corrected chi connectivity index (χ0v) is 18.7. The van der Waals surface area contributed by atoms with Crippen molar-refractivity contribution in [3.05, 3.63) is 90.1 Å². The highest BCUT2D eigenvalue weighted by Gasteiger charge is 2.57. The number of fused-ring (bicyclic) bond motifs is 2. The summed E-state index contributed by atoms with van der Waals surface area (Å²) in [6.45, 7) is 10.2. The predicted octanol–water partition coefficient (Wildman–Crippen LogP) is 6.20. The highest BCUT2D eigenvalue weighted by molar-refractivity contribution is 5.61. The van der Waals surface area contributed by atoms with Crippen LogP contribution in [0.4, 0.5) is 4.39 Å². The third-order valence-corrected chi connectivity index (χ3v) is 8.17. The van der Waals surface area contributed by atoms with E-state index in [-0.39, 0.29) is 22.6 Å². The van der Waals surface area contributed by atoms with E-state index in [1.54, 1.807) is 18.2 Å². The number of aliphatic hydroxyl groups excluding tert-OH is 1. The number of aliphatic hydroxyl groups is 1. The summed E-state index contributed by atoms with van der Waals surface area (Å²) in [5, 5.41) is 16.4. The van der Waals surface area contributed by atoms with Crippen LogP contribution >= 0.6 is 0 Å². The molecule has 0 aliphatic heterocycles. The van der Waals surface area contributed by atoms with Crippen LogP contribution < -0.4 is 0 Å². The van der Waals surface area contributed by atoms with Gasteiger partial charge in [-0.25, -0.2) is 9.07 Å². The maximum atomic E-state index is 13.4. The molecule has 1 heterocycles. The summed E-state index contributed by atoms with van der Waals surface area (Å²) in [4.78, 5) is 0. The Morgan fingerprint density at radius 1 is 1.28 bits per heavy atom. The molecule has 32 heavy (non-hydrogen) atoms. The van der Waals surface area contributed by atoms with Crippen LogP contribution in [-0.4, -0.2) is 21.0 Å². The van der Waals surface area contributed by atoms with E-state index in [2.05, 4.69) is 31.3 Å². The van der Waals surface area contributed by atoms with Crippen molar-refractivity contribution in [1.29, 1.82) is 0 Å². The third kappa shape index (κ3) is 3.15. The van der Waals surface area contributed by atoms with Crippen molar-refractivity contribution in [1.82, 2.24) is 9.78 Å². The van der Waals surface area contributed by atoms with E-state index in [4.69, 9.17) is 0 Å². The molecule has 5 rings (SSSR count). The zero-order chi connectivity index (χ0) is 22.5. The number of halogens is 1. The van der Waals surface area contributed by atoms with Gasteiger partial charge in [0.2, 0.25) is 0 Å². The van der Waals surface area contributed by atoms with E-state index in [1.807, 2.05) is 23.0 Å². The molecule has 0 saturated heterocycles. The van der Waals surface area contributed by atoms with Gasteiger partial charge in [0.25, 0.3) is 0 Å². The molecule has 2 saturated carbocycles. The minimum absolute atomic E-state index is 0.0998. The van der Waals surface area contributed by atoms with E-state index in [0.717, 1.165) is 55.5 Å². The topological polar surface area (TPSA) is 38.1 Å². The lowest BCUT2D eigenvalue weighted by molar-refractivity contribution is -0.0132. The van der Waals surface area contributed by atoms with Gasteiger partial charge < -0.3 is 5.11 Å². The molecule has 2 fully saturated rings. The second kappa shape index (κ2) is 7.70. The minimum atomic E-state index is -0.408. The van der Waals surface area contributed by atoms with Crippen molar-refractivity contribution in [3.63, 3.8) is 0 Å². The first-order valence-corrected chi connectivity index (χ1v) is 11.6. The van der Waals surface area contributed by atoms with Crippen molar-refractivity contribution in [3.8, 4) is 5.69 Å². The van der Waals surface area contributed by atoms with Gasteiger partial charge in [-0.15, -0.1) is 0 Å². The molecular weight excluding hydrogens is 399 g/mol. The smallest absolute Gasteiger partial charge is 0.123 e. The molecule has 3 nitrogen and oxygen atoms in total.